The SMILES string of the molecule is O=C1CCc2cc(C(Br)c3cccc(F)c3)ccc2N1. The summed E-state index contributed by atoms with van der Waals surface area (Å²) < 4.78 is 13.3. The number of nitrogens with one attached hydrogen (secondary N) is 1. The second-order valence-electron chi connectivity index (χ2n) is 4.88. The van der Waals surface area contributed by atoms with Crippen molar-refractivity contribution in [1.82, 2.24) is 0 Å². The Bertz CT molecular complexity index is 671. The molecule has 1 N–H and O–H groups in total. The van der Waals surface area contributed by atoms with Crippen LogP contribution in [0.2, 0.25) is 0 Å². The summed E-state index contributed by atoms with van der Waals surface area (Å²) >= 11 is 3.61. The van der Waals surface area contributed by atoms with Crippen LogP contribution in [0.1, 0.15) is 27.9 Å². The quantitative estimate of drug-likeness (QED) is 0.820. The maximum absolute atomic E-state index is 13.3. The van der Waals surface area contributed by atoms with Crippen molar-refractivity contribution in [2.24, 2.45) is 0 Å². The van der Waals surface area contributed by atoms with Gasteiger partial charge in [0.15, 0.2) is 0 Å². The summed E-state index contributed by atoms with van der Waals surface area (Å²) in [5, 5.41) is 2.86. The molecule has 4 heteroatoms. The van der Waals surface area contributed by atoms with Crippen molar-refractivity contribution >= 4 is 27.5 Å². The van der Waals surface area contributed by atoms with Crippen LogP contribution >= 0.6 is 15.9 Å². The van der Waals surface area contributed by atoms with Crippen LogP contribution in [0.15, 0.2) is 42.5 Å². The average molecular weight is 334 g/mol. The summed E-state index contributed by atoms with van der Waals surface area (Å²) in [7, 11) is 0. The summed E-state index contributed by atoms with van der Waals surface area (Å²) in [6.07, 6.45) is 1.27. The van der Waals surface area contributed by atoms with Crippen LogP contribution in [0.4, 0.5) is 10.1 Å². The molecule has 0 aliphatic carbocycles. The fraction of sp³-hybridized carbons (Fsp3) is 0.188. The number of amides is 1. The predicted octanol–water partition coefficient (Wildman–Crippen LogP) is 4.19. The predicted molar refractivity (Wildman–Crippen MR) is 80.6 cm³/mol. The van der Waals surface area contributed by atoms with Crippen molar-refractivity contribution in [3.05, 3.63) is 65.0 Å². The third kappa shape index (κ3) is 2.61. The first-order valence-electron chi connectivity index (χ1n) is 6.46. The molecular weight excluding hydrogens is 321 g/mol. The second kappa shape index (κ2) is 5.37. The molecule has 0 fully saturated rings. The van der Waals surface area contributed by atoms with Gasteiger partial charge in [-0.05, 0) is 41.3 Å². The number of alkyl halides is 1. The van der Waals surface area contributed by atoms with Crippen molar-refractivity contribution in [1.29, 1.82) is 0 Å². The van der Waals surface area contributed by atoms with Gasteiger partial charge in [-0.25, -0.2) is 4.39 Å². The minimum absolute atomic E-state index is 0.0545. The maximum Gasteiger partial charge on any atom is 0.224 e. The molecule has 1 aliphatic rings. The smallest absolute Gasteiger partial charge is 0.224 e. The molecule has 1 amide bonds. The van der Waals surface area contributed by atoms with Gasteiger partial charge in [-0.3, -0.25) is 4.79 Å². The van der Waals surface area contributed by atoms with Gasteiger partial charge in [-0.2, -0.15) is 0 Å². The number of rotatable bonds is 2. The van der Waals surface area contributed by atoms with E-state index in [2.05, 4.69) is 27.3 Å². The zero-order valence-corrected chi connectivity index (χ0v) is 12.3. The van der Waals surface area contributed by atoms with Crippen LogP contribution in [0.3, 0.4) is 0 Å². The summed E-state index contributed by atoms with van der Waals surface area (Å²) in [5.74, 6) is -0.178. The first kappa shape index (κ1) is 13.3. The van der Waals surface area contributed by atoms with E-state index in [-0.39, 0.29) is 16.6 Å². The van der Waals surface area contributed by atoms with Crippen molar-refractivity contribution in [2.45, 2.75) is 17.7 Å². The molecule has 0 saturated heterocycles. The number of anilines is 1. The van der Waals surface area contributed by atoms with Gasteiger partial charge in [0.05, 0.1) is 4.83 Å². The molecule has 102 valence electrons. The Balaban J connectivity index is 1.93. The topological polar surface area (TPSA) is 29.1 Å². The molecule has 0 spiro atoms. The normalized spacial score (nSPS) is 15.4. The lowest BCUT2D eigenvalue weighted by Gasteiger charge is -2.19. The standard InChI is InChI=1S/C16H13BrFNO/c17-16(11-2-1-3-13(18)9-11)12-4-6-14-10(8-12)5-7-15(20)19-14/h1-4,6,8-9,16H,5,7H2,(H,19,20). The fourth-order valence-electron chi connectivity index (χ4n) is 2.42. The van der Waals surface area contributed by atoms with E-state index in [1.165, 1.54) is 12.1 Å². The molecule has 2 aromatic carbocycles. The van der Waals surface area contributed by atoms with E-state index in [0.717, 1.165) is 28.8 Å². The van der Waals surface area contributed by atoms with Crippen molar-refractivity contribution in [3.63, 3.8) is 0 Å². The summed E-state index contributed by atoms with van der Waals surface area (Å²) in [5.41, 5.74) is 3.95. The van der Waals surface area contributed by atoms with Crippen LogP contribution < -0.4 is 5.32 Å². The number of carbonyl (C=O) groups excluding carboxylic acids is 1. The van der Waals surface area contributed by atoms with Gasteiger partial charge in [0.1, 0.15) is 5.82 Å². The zero-order valence-electron chi connectivity index (χ0n) is 10.7. The third-order valence-corrected chi connectivity index (χ3v) is 4.52. The molecule has 1 atom stereocenters. The molecule has 0 bridgehead atoms. The van der Waals surface area contributed by atoms with Gasteiger partial charge < -0.3 is 5.32 Å². The van der Waals surface area contributed by atoms with Crippen molar-refractivity contribution < 1.29 is 9.18 Å². The van der Waals surface area contributed by atoms with Crippen LogP contribution in [0.5, 0.6) is 0 Å². The molecule has 1 heterocycles. The highest BCUT2D eigenvalue weighted by Gasteiger charge is 2.17. The van der Waals surface area contributed by atoms with Gasteiger partial charge in [-0.1, -0.05) is 40.2 Å². The molecular formula is C16H13BrFNO. The van der Waals surface area contributed by atoms with Gasteiger partial charge in [-0.15, -0.1) is 0 Å². The fourth-order valence-corrected chi connectivity index (χ4v) is 2.99. The van der Waals surface area contributed by atoms with E-state index in [1.54, 1.807) is 6.07 Å². The maximum atomic E-state index is 13.3. The molecule has 2 nitrogen and oxygen atoms in total. The molecule has 1 unspecified atom stereocenters. The Kier molecular flexibility index (Phi) is 3.57. The molecule has 2 aromatic rings. The van der Waals surface area contributed by atoms with Gasteiger partial charge in [0, 0.05) is 12.1 Å². The van der Waals surface area contributed by atoms with Crippen molar-refractivity contribution in [2.75, 3.05) is 5.32 Å². The first-order valence-corrected chi connectivity index (χ1v) is 7.37. The highest BCUT2D eigenvalue weighted by Crippen LogP contribution is 2.34. The Labute approximate surface area is 125 Å². The van der Waals surface area contributed by atoms with Gasteiger partial charge in [0.25, 0.3) is 0 Å². The highest BCUT2D eigenvalue weighted by atomic mass is 79.9. The second-order valence-corrected chi connectivity index (χ2v) is 5.80. The summed E-state index contributed by atoms with van der Waals surface area (Å²) in [4.78, 5) is 11.3. The van der Waals surface area contributed by atoms with Crippen LogP contribution in [-0.4, -0.2) is 5.91 Å². The largest absolute Gasteiger partial charge is 0.326 e. The number of halogens is 2. The molecule has 0 saturated carbocycles. The van der Waals surface area contributed by atoms with E-state index in [4.69, 9.17) is 0 Å². The van der Waals surface area contributed by atoms with E-state index >= 15 is 0 Å². The van der Waals surface area contributed by atoms with E-state index in [1.807, 2.05) is 18.2 Å². The zero-order chi connectivity index (χ0) is 14.1. The van der Waals surface area contributed by atoms with Crippen LogP contribution in [0, 0.1) is 5.82 Å². The Hall–Kier alpha value is -1.68. The third-order valence-electron chi connectivity index (χ3n) is 3.46. The number of aryl methyl sites for hydroxylation is 1. The molecule has 3 rings (SSSR count). The number of fused-ring (bicyclic) bond motifs is 1. The number of benzene rings is 2. The van der Waals surface area contributed by atoms with Crippen LogP contribution in [0.25, 0.3) is 0 Å². The average Bonchev–Trinajstić information content (AvgIpc) is 2.46. The van der Waals surface area contributed by atoms with Crippen LogP contribution in [-0.2, 0) is 11.2 Å². The molecule has 0 radical (unpaired) electrons. The van der Waals surface area contributed by atoms with E-state index < -0.39 is 0 Å². The molecule has 20 heavy (non-hydrogen) atoms. The Morgan fingerprint density at radius 2 is 1.90 bits per heavy atom. The lowest BCUT2D eigenvalue weighted by Crippen LogP contribution is -2.19. The summed E-state index contributed by atoms with van der Waals surface area (Å²) in [6.45, 7) is 0. The number of hydrogen-bond donors (Lipinski definition) is 1. The monoisotopic (exact) mass is 333 g/mol. The van der Waals surface area contributed by atoms with Crippen molar-refractivity contribution in [3.8, 4) is 0 Å². The van der Waals surface area contributed by atoms with Gasteiger partial charge in [0.2, 0.25) is 5.91 Å². The first-order chi connectivity index (χ1) is 9.63. The van der Waals surface area contributed by atoms with E-state index in [9.17, 15) is 9.18 Å². The summed E-state index contributed by atoms with van der Waals surface area (Å²) in [6, 6.07) is 12.5. The highest BCUT2D eigenvalue weighted by molar-refractivity contribution is 9.09. The molecule has 0 aromatic heterocycles. The minimum Gasteiger partial charge on any atom is -0.326 e. The molecule has 1 aliphatic heterocycles. The lowest BCUT2D eigenvalue weighted by molar-refractivity contribution is -0.116. The van der Waals surface area contributed by atoms with Gasteiger partial charge >= 0.3 is 0 Å². The van der Waals surface area contributed by atoms with E-state index in [0.29, 0.717) is 6.42 Å². The lowest BCUT2D eigenvalue weighted by atomic mass is 9.97. The minimum atomic E-state index is -0.239. The number of hydrogen-bond acceptors (Lipinski definition) is 1. The Morgan fingerprint density at radius 3 is 2.70 bits per heavy atom. The number of carbonyl (C=O) groups is 1. The Morgan fingerprint density at radius 1 is 1.10 bits per heavy atom.